The lowest BCUT2D eigenvalue weighted by Gasteiger charge is -2.07. The summed E-state index contributed by atoms with van der Waals surface area (Å²) in [6.45, 7) is 2.94. The maximum atomic E-state index is 11.7. The number of carbonyl (C=O) groups excluding carboxylic acids is 1. The molecule has 1 aliphatic heterocycles. The smallest absolute Gasteiger partial charge is 0.243 e. The van der Waals surface area contributed by atoms with Crippen molar-refractivity contribution in [3.63, 3.8) is 0 Å². The highest BCUT2D eigenvalue weighted by Gasteiger charge is 2.22. The fourth-order valence-electron chi connectivity index (χ4n) is 1.55. The van der Waals surface area contributed by atoms with Gasteiger partial charge >= 0.3 is 0 Å². The van der Waals surface area contributed by atoms with Crippen LogP contribution in [0, 0.1) is 0 Å². The molecule has 0 saturated carbocycles. The molecule has 1 unspecified atom stereocenters. The summed E-state index contributed by atoms with van der Waals surface area (Å²) in [6.07, 6.45) is 2.83. The van der Waals surface area contributed by atoms with Crippen molar-refractivity contribution in [3.05, 3.63) is 5.01 Å². The van der Waals surface area contributed by atoms with Gasteiger partial charge in [-0.25, -0.2) is 0 Å². The second-order valence-corrected chi connectivity index (χ2v) is 4.55. The summed E-state index contributed by atoms with van der Waals surface area (Å²) < 4.78 is 0. The summed E-state index contributed by atoms with van der Waals surface area (Å²) in [7, 11) is 0. The minimum Gasteiger partial charge on any atom is -0.306 e. The monoisotopic (exact) mass is 262 g/mol. The van der Waals surface area contributed by atoms with Crippen molar-refractivity contribution in [2.75, 3.05) is 11.9 Å². The van der Waals surface area contributed by atoms with Gasteiger partial charge in [-0.15, -0.1) is 22.6 Å². The highest BCUT2D eigenvalue weighted by Crippen LogP contribution is 2.16. The number of halogens is 1. The lowest BCUT2D eigenvalue weighted by atomic mass is 10.2. The van der Waals surface area contributed by atoms with Gasteiger partial charge < -0.3 is 5.32 Å². The third-order valence-electron chi connectivity index (χ3n) is 2.38. The molecule has 1 fully saturated rings. The first-order chi connectivity index (χ1) is 7.29. The van der Waals surface area contributed by atoms with Crippen molar-refractivity contribution in [2.24, 2.45) is 0 Å². The average Bonchev–Trinajstić information content (AvgIpc) is 2.87. The fraction of sp³-hybridized carbons (Fsp3) is 0.667. The molecule has 2 N–H and O–H groups in total. The van der Waals surface area contributed by atoms with Gasteiger partial charge in [0.15, 0.2) is 0 Å². The zero-order chi connectivity index (χ0) is 10.7. The van der Waals surface area contributed by atoms with Gasteiger partial charge in [0.25, 0.3) is 0 Å². The molecule has 1 amide bonds. The number of amides is 1. The summed E-state index contributed by atoms with van der Waals surface area (Å²) >= 11 is 1.44. The van der Waals surface area contributed by atoms with Crippen molar-refractivity contribution in [3.8, 4) is 0 Å². The number of hydrogen-bond donors (Lipinski definition) is 2. The van der Waals surface area contributed by atoms with Crippen LogP contribution < -0.4 is 10.6 Å². The van der Waals surface area contributed by atoms with Crippen LogP contribution in [0.4, 0.5) is 5.13 Å². The van der Waals surface area contributed by atoms with Crippen molar-refractivity contribution in [1.29, 1.82) is 0 Å². The first kappa shape index (κ1) is 13.3. The molecule has 0 aromatic carbocycles. The van der Waals surface area contributed by atoms with Crippen LogP contribution in [0.15, 0.2) is 0 Å². The van der Waals surface area contributed by atoms with Gasteiger partial charge in [0.05, 0.1) is 6.04 Å². The second kappa shape index (κ2) is 6.12. The van der Waals surface area contributed by atoms with Gasteiger partial charge in [0.2, 0.25) is 11.0 Å². The van der Waals surface area contributed by atoms with E-state index in [9.17, 15) is 4.79 Å². The molecular formula is C9H15ClN4OS. The molecule has 0 aliphatic carbocycles. The molecule has 90 valence electrons. The first-order valence-corrected chi connectivity index (χ1v) is 5.98. The van der Waals surface area contributed by atoms with Crippen LogP contribution in [0.3, 0.4) is 0 Å². The highest BCUT2D eigenvalue weighted by atomic mass is 35.5. The highest BCUT2D eigenvalue weighted by molar-refractivity contribution is 7.15. The Hall–Kier alpha value is -0.720. The molecule has 1 aromatic rings. The molecule has 1 atom stereocenters. The Balaban J connectivity index is 0.00000128. The van der Waals surface area contributed by atoms with Gasteiger partial charge in [-0.1, -0.05) is 18.3 Å². The van der Waals surface area contributed by atoms with E-state index in [0.717, 1.165) is 30.8 Å². The number of nitrogens with one attached hydrogen (secondary N) is 2. The van der Waals surface area contributed by atoms with Crippen molar-refractivity contribution < 1.29 is 4.79 Å². The SMILES string of the molecule is CCc1nnc(NC(=O)C2CCCN2)s1.Cl. The third-order valence-corrected chi connectivity index (χ3v) is 3.36. The van der Waals surface area contributed by atoms with E-state index in [1.165, 1.54) is 11.3 Å². The van der Waals surface area contributed by atoms with E-state index >= 15 is 0 Å². The maximum absolute atomic E-state index is 11.7. The maximum Gasteiger partial charge on any atom is 0.243 e. The predicted molar refractivity (Wildman–Crippen MR) is 66.2 cm³/mol. The van der Waals surface area contributed by atoms with Gasteiger partial charge in [0.1, 0.15) is 5.01 Å². The molecular weight excluding hydrogens is 248 g/mol. The lowest BCUT2D eigenvalue weighted by molar-refractivity contribution is -0.117. The molecule has 0 bridgehead atoms. The summed E-state index contributed by atoms with van der Waals surface area (Å²) in [5.74, 6) is 0.00584. The van der Waals surface area contributed by atoms with Crippen LogP contribution in [-0.2, 0) is 11.2 Å². The van der Waals surface area contributed by atoms with E-state index in [4.69, 9.17) is 0 Å². The molecule has 1 aliphatic rings. The molecule has 0 radical (unpaired) electrons. The number of nitrogens with zero attached hydrogens (tertiary/aromatic N) is 2. The zero-order valence-corrected chi connectivity index (χ0v) is 10.7. The van der Waals surface area contributed by atoms with Crippen molar-refractivity contribution >= 4 is 34.8 Å². The summed E-state index contributed by atoms with van der Waals surface area (Å²) in [5.41, 5.74) is 0. The summed E-state index contributed by atoms with van der Waals surface area (Å²) in [5, 5.41) is 15.3. The van der Waals surface area contributed by atoms with E-state index in [2.05, 4.69) is 20.8 Å². The zero-order valence-electron chi connectivity index (χ0n) is 9.02. The molecule has 2 heterocycles. The van der Waals surface area contributed by atoms with Gasteiger partial charge in [-0.05, 0) is 25.8 Å². The van der Waals surface area contributed by atoms with Crippen LogP contribution >= 0.6 is 23.7 Å². The molecule has 7 heteroatoms. The number of anilines is 1. The van der Waals surface area contributed by atoms with Gasteiger partial charge in [-0.3, -0.25) is 10.1 Å². The van der Waals surface area contributed by atoms with E-state index in [1.807, 2.05) is 6.92 Å². The summed E-state index contributed by atoms with van der Waals surface area (Å²) in [6, 6.07) is -0.0565. The molecule has 2 rings (SSSR count). The number of aromatic nitrogens is 2. The Morgan fingerprint density at radius 1 is 1.62 bits per heavy atom. The normalized spacial score (nSPS) is 19.2. The first-order valence-electron chi connectivity index (χ1n) is 5.16. The Kier molecular flexibility index (Phi) is 5.11. The van der Waals surface area contributed by atoms with Gasteiger partial charge in [0, 0.05) is 0 Å². The minimum absolute atomic E-state index is 0. The average molecular weight is 263 g/mol. The minimum atomic E-state index is -0.0565. The molecule has 1 saturated heterocycles. The van der Waals surface area contributed by atoms with E-state index in [-0.39, 0.29) is 24.4 Å². The predicted octanol–water partition coefficient (Wildman–Crippen LogP) is 1.21. The molecule has 5 nitrogen and oxygen atoms in total. The van der Waals surface area contributed by atoms with Gasteiger partial charge in [-0.2, -0.15) is 0 Å². The van der Waals surface area contributed by atoms with Crippen LogP contribution in [0.2, 0.25) is 0 Å². The topological polar surface area (TPSA) is 66.9 Å². The fourth-order valence-corrected chi connectivity index (χ4v) is 2.23. The molecule has 16 heavy (non-hydrogen) atoms. The van der Waals surface area contributed by atoms with E-state index in [0.29, 0.717) is 5.13 Å². The molecule has 1 aromatic heterocycles. The standard InChI is InChI=1S/C9H14N4OS.ClH/c1-2-7-12-13-9(15-7)11-8(14)6-4-3-5-10-6;/h6,10H,2-5H2,1H3,(H,11,13,14);1H. The third kappa shape index (κ3) is 3.13. The Bertz CT molecular complexity index is 351. The Morgan fingerprint density at radius 3 is 3.00 bits per heavy atom. The van der Waals surface area contributed by atoms with Crippen LogP contribution in [0.25, 0.3) is 0 Å². The number of rotatable bonds is 3. The van der Waals surface area contributed by atoms with Crippen molar-refractivity contribution in [1.82, 2.24) is 15.5 Å². The summed E-state index contributed by atoms with van der Waals surface area (Å²) in [4.78, 5) is 11.7. The lowest BCUT2D eigenvalue weighted by Crippen LogP contribution is -2.35. The van der Waals surface area contributed by atoms with Crippen LogP contribution in [0.5, 0.6) is 0 Å². The van der Waals surface area contributed by atoms with Crippen LogP contribution in [-0.4, -0.2) is 28.7 Å². The number of hydrogen-bond acceptors (Lipinski definition) is 5. The van der Waals surface area contributed by atoms with Crippen LogP contribution in [0.1, 0.15) is 24.8 Å². The van der Waals surface area contributed by atoms with E-state index < -0.39 is 0 Å². The second-order valence-electron chi connectivity index (χ2n) is 3.49. The largest absolute Gasteiger partial charge is 0.306 e. The Morgan fingerprint density at radius 2 is 2.44 bits per heavy atom. The number of aryl methyl sites for hydroxylation is 1. The number of carbonyl (C=O) groups is 1. The quantitative estimate of drug-likeness (QED) is 0.859. The Labute approximate surface area is 104 Å². The van der Waals surface area contributed by atoms with Crippen molar-refractivity contribution in [2.45, 2.75) is 32.2 Å². The molecule has 0 spiro atoms. The van der Waals surface area contributed by atoms with E-state index in [1.54, 1.807) is 0 Å².